The molecule has 0 spiro atoms. The number of hydrogen-bond donors (Lipinski definition) is 0. The van der Waals surface area contributed by atoms with E-state index in [0.29, 0.717) is 5.82 Å². The Morgan fingerprint density at radius 3 is 2.33 bits per heavy atom. The molecule has 4 nitrogen and oxygen atoms in total. The maximum Gasteiger partial charge on any atom is 0.350 e. The highest BCUT2D eigenvalue weighted by Crippen LogP contribution is 2.14. The van der Waals surface area contributed by atoms with Crippen molar-refractivity contribution in [3.05, 3.63) is 46.1 Å². The van der Waals surface area contributed by atoms with Crippen LogP contribution < -0.4 is 5.69 Å². The number of benzene rings is 1. The first kappa shape index (κ1) is 14.2. The molecule has 98 valence electrons. The van der Waals surface area contributed by atoms with Gasteiger partial charge in [-0.2, -0.15) is 5.10 Å². The van der Waals surface area contributed by atoms with Crippen LogP contribution >= 0.6 is 0 Å². The third-order valence-electron chi connectivity index (χ3n) is 2.70. The van der Waals surface area contributed by atoms with Crippen molar-refractivity contribution < 1.29 is 0 Å². The lowest BCUT2D eigenvalue weighted by atomic mass is 10.1. The lowest BCUT2D eigenvalue weighted by Gasteiger charge is -2.07. The number of hydrogen-bond acceptors (Lipinski definition) is 2. The summed E-state index contributed by atoms with van der Waals surface area (Å²) in [5.74, 6) is 0.716. The molecule has 0 aliphatic rings. The summed E-state index contributed by atoms with van der Waals surface area (Å²) in [5, 5.41) is 4.13. The second-order valence-corrected chi connectivity index (χ2v) is 3.77. The molecule has 0 atom stereocenters. The summed E-state index contributed by atoms with van der Waals surface area (Å²) < 4.78 is 3.01. The topological polar surface area (TPSA) is 39.8 Å². The fraction of sp³-hybridized carbons (Fsp3) is 0.429. The molecule has 0 amide bonds. The summed E-state index contributed by atoms with van der Waals surface area (Å²) in [7, 11) is 1.67. The van der Waals surface area contributed by atoms with Crippen molar-refractivity contribution in [1.82, 2.24) is 14.3 Å². The smallest absolute Gasteiger partial charge is 0.247 e. The van der Waals surface area contributed by atoms with Crippen LogP contribution in [0.15, 0.2) is 29.1 Å². The predicted molar refractivity (Wildman–Crippen MR) is 74.3 cm³/mol. The van der Waals surface area contributed by atoms with E-state index in [1.54, 1.807) is 11.6 Å². The van der Waals surface area contributed by atoms with E-state index in [0.717, 1.165) is 17.7 Å². The molecule has 0 aliphatic heterocycles. The summed E-state index contributed by atoms with van der Waals surface area (Å²) in [6.07, 6.45) is 0.900. The highest BCUT2D eigenvalue weighted by molar-refractivity contribution is 5.41. The highest BCUT2D eigenvalue weighted by atomic mass is 16.2. The fourth-order valence-corrected chi connectivity index (χ4v) is 1.89. The van der Waals surface area contributed by atoms with Gasteiger partial charge in [0.25, 0.3) is 0 Å². The average molecular weight is 247 g/mol. The van der Waals surface area contributed by atoms with E-state index in [9.17, 15) is 4.79 Å². The number of nitrogens with zero attached hydrogens (tertiary/aromatic N) is 3. The Hall–Kier alpha value is -1.84. The fourth-order valence-electron chi connectivity index (χ4n) is 1.89. The van der Waals surface area contributed by atoms with Crippen molar-refractivity contribution in [2.45, 2.75) is 34.1 Å². The summed E-state index contributed by atoms with van der Waals surface area (Å²) >= 11 is 0. The number of aryl methyl sites for hydroxylation is 3. The van der Waals surface area contributed by atoms with Gasteiger partial charge in [0.15, 0.2) is 0 Å². The van der Waals surface area contributed by atoms with E-state index in [1.165, 1.54) is 4.68 Å². The summed E-state index contributed by atoms with van der Waals surface area (Å²) in [6, 6.07) is 7.91. The van der Waals surface area contributed by atoms with Crippen molar-refractivity contribution >= 4 is 0 Å². The minimum Gasteiger partial charge on any atom is -0.247 e. The monoisotopic (exact) mass is 247 g/mol. The first-order valence-corrected chi connectivity index (χ1v) is 6.36. The van der Waals surface area contributed by atoms with Gasteiger partial charge in [-0.25, -0.2) is 14.0 Å². The van der Waals surface area contributed by atoms with Crippen LogP contribution in [0.4, 0.5) is 0 Å². The third-order valence-corrected chi connectivity index (χ3v) is 2.70. The molecule has 0 radical (unpaired) electrons. The van der Waals surface area contributed by atoms with E-state index in [-0.39, 0.29) is 5.69 Å². The van der Waals surface area contributed by atoms with Gasteiger partial charge >= 0.3 is 5.69 Å². The minimum atomic E-state index is -0.0987. The van der Waals surface area contributed by atoms with Crippen LogP contribution in [0, 0.1) is 6.92 Å². The molecule has 1 aromatic heterocycles. The standard InChI is InChI=1S/C12H15N3O.C2H6/c1-4-10-7-5-6-8-11(10)15-9(2)13-14(3)12(15)16;1-2/h5-8H,4H2,1-3H3;1-2H3. The molecular weight excluding hydrogens is 226 g/mol. The van der Waals surface area contributed by atoms with Gasteiger partial charge in [-0.05, 0) is 25.0 Å². The second kappa shape index (κ2) is 6.19. The first-order chi connectivity index (χ1) is 8.65. The molecule has 0 fully saturated rings. The first-order valence-electron chi connectivity index (χ1n) is 6.36. The minimum absolute atomic E-state index is 0.0987. The zero-order chi connectivity index (χ0) is 13.7. The molecule has 4 heteroatoms. The Kier molecular flexibility index (Phi) is 4.89. The average Bonchev–Trinajstić information content (AvgIpc) is 2.66. The maximum absolute atomic E-state index is 11.9. The molecule has 1 heterocycles. The molecular formula is C14H21N3O. The lowest BCUT2D eigenvalue weighted by molar-refractivity contribution is 0.722. The van der Waals surface area contributed by atoms with Crippen LogP contribution in [0.2, 0.25) is 0 Å². The van der Waals surface area contributed by atoms with E-state index < -0.39 is 0 Å². The molecule has 0 saturated heterocycles. The van der Waals surface area contributed by atoms with Gasteiger partial charge in [-0.15, -0.1) is 0 Å². The Balaban J connectivity index is 0.000000771. The molecule has 0 bridgehead atoms. The van der Waals surface area contributed by atoms with Crippen LogP contribution in [0.25, 0.3) is 5.69 Å². The number of rotatable bonds is 2. The van der Waals surface area contributed by atoms with Crippen LogP contribution in [0.3, 0.4) is 0 Å². The van der Waals surface area contributed by atoms with Crippen molar-refractivity contribution in [3.8, 4) is 5.69 Å². The molecule has 2 aromatic rings. The van der Waals surface area contributed by atoms with Gasteiger partial charge in [0.05, 0.1) is 5.69 Å². The van der Waals surface area contributed by atoms with Crippen LogP contribution in [0.1, 0.15) is 32.2 Å². The Morgan fingerprint density at radius 1 is 1.22 bits per heavy atom. The maximum atomic E-state index is 11.9. The predicted octanol–water partition coefficient (Wildman–Crippen LogP) is 2.47. The molecule has 18 heavy (non-hydrogen) atoms. The molecule has 0 N–H and O–H groups in total. The molecule has 2 rings (SSSR count). The van der Waals surface area contributed by atoms with Gasteiger partial charge in [0.1, 0.15) is 5.82 Å². The molecule has 1 aromatic carbocycles. The van der Waals surface area contributed by atoms with E-state index in [2.05, 4.69) is 12.0 Å². The van der Waals surface area contributed by atoms with Crippen LogP contribution in [-0.4, -0.2) is 14.3 Å². The zero-order valence-corrected chi connectivity index (χ0v) is 11.8. The molecule has 0 unspecified atom stereocenters. The van der Waals surface area contributed by atoms with Crippen molar-refractivity contribution in [2.24, 2.45) is 7.05 Å². The van der Waals surface area contributed by atoms with Crippen LogP contribution in [0.5, 0.6) is 0 Å². The van der Waals surface area contributed by atoms with E-state index in [1.807, 2.05) is 45.0 Å². The van der Waals surface area contributed by atoms with Crippen molar-refractivity contribution in [3.63, 3.8) is 0 Å². The molecule has 0 aliphatic carbocycles. The summed E-state index contributed by atoms with van der Waals surface area (Å²) in [4.78, 5) is 11.9. The third kappa shape index (κ3) is 2.53. The highest BCUT2D eigenvalue weighted by Gasteiger charge is 2.11. The second-order valence-electron chi connectivity index (χ2n) is 3.77. The van der Waals surface area contributed by atoms with Gasteiger partial charge in [-0.1, -0.05) is 39.0 Å². The normalized spacial score (nSPS) is 9.83. The summed E-state index contributed by atoms with van der Waals surface area (Å²) in [6.45, 7) is 7.92. The van der Waals surface area contributed by atoms with Gasteiger partial charge < -0.3 is 0 Å². The molecule has 0 saturated carbocycles. The summed E-state index contributed by atoms with van der Waals surface area (Å²) in [5.41, 5.74) is 1.99. The SMILES string of the molecule is CC.CCc1ccccc1-n1c(C)nn(C)c1=O. The Labute approximate surface area is 108 Å². The van der Waals surface area contributed by atoms with Gasteiger partial charge in [0, 0.05) is 7.05 Å². The Bertz CT molecular complexity index is 567. The number of para-hydroxylation sites is 1. The van der Waals surface area contributed by atoms with E-state index >= 15 is 0 Å². The van der Waals surface area contributed by atoms with Crippen molar-refractivity contribution in [1.29, 1.82) is 0 Å². The lowest BCUT2D eigenvalue weighted by Crippen LogP contribution is -2.22. The van der Waals surface area contributed by atoms with E-state index in [4.69, 9.17) is 0 Å². The van der Waals surface area contributed by atoms with Gasteiger partial charge in [-0.3, -0.25) is 0 Å². The Morgan fingerprint density at radius 2 is 1.83 bits per heavy atom. The van der Waals surface area contributed by atoms with Crippen molar-refractivity contribution in [2.75, 3.05) is 0 Å². The van der Waals surface area contributed by atoms with Gasteiger partial charge in [0.2, 0.25) is 0 Å². The number of aromatic nitrogens is 3. The largest absolute Gasteiger partial charge is 0.350 e. The van der Waals surface area contributed by atoms with Crippen LogP contribution in [-0.2, 0) is 13.5 Å². The zero-order valence-electron chi connectivity index (χ0n) is 11.8. The quantitative estimate of drug-likeness (QED) is 0.818.